The molecule has 2 N–H and O–H groups in total. The molecule has 1 aliphatic rings. The lowest BCUT2D eigenvalue weighted by atomic mass is 10.0. The number of carboxylic acids is 1. The summed E-state index contributed by atoms with van der Waals surface area (Å²) in [5.41, 5.74) is 0.648. The van der Waals surface area contributed by atoms with E-state index in [4.69, 9.17) is 5.11 Å². The molecule has 1 aliphatic carbocycles. The van der Waals surface area contributed by atoms with Crippen molar-refractivity contribution < 1.29 is 9.90 Å². The zero-order valence-electron chi connectivity index (χ0n) is 10.4. The molecule has 0 spiro atoms. The van der Waals surface area contributed by atoms with Gasteiger partial charge in [-0.2, -0.15) is 0 Å². The number of nitrogens with one attached hydrogen (secondary N) is 1. The molecule has 0 heterocycles. The minimum absolute atomic E-state index is 0.252. The molecule has 1 fully saturated rings. The van der Waals surface area contributed by atoms with Crippen LogP contribution in [0, 0.1) is 10.8 Å². The van der Waals surface area contributed by atoms with E-state index in [2.05, 4.69) is 39.9 Å². The molecule has 0 aromatic rings. The average molecular weight is 213 g/mol. The standard InChI is InChI=1S/C12H23NO2/c1-8(6-7-9(14)15)13-10-11(2,3)12(10,4)5/h8,10,13H,6-7H2,1-5H3,(H,14,15). The van der Waals surface area contributed by atoms with Gasteiger partial charge >= 0.3 is 5.97 Å². The third kappa shape index (κ3) is 2.33. The molecule has 1 rings (SSSR count). The highest BCUT2D eigenvalue weighted by Gasteiger charge is 2.64. The molecule has 0 aromatic carbocycles. The predicted octanol–water partition coefficient (Wildman–Crippen LogP) is 2.26. The normalized spacial score (nSPS) is 24.9. The predicted molar refractivity (Wildman–Crippen MR) is 60.8 cm³/mol. The van der Waals surface area contributed by atoms with E-state index in [9.17, 15) is 4.79 Å². The van der Waals surface area contributed by atoms with Gasteiger partial charge < -0.3 is 10.4 Å². The van der Waals surface area contributed by atoms with Gasteiger partial charge in [0.2, 0.25) is 0 Å². The van der Waals surface area contributed by atoms with Crippen LogP contribution in [0.5, 0.6) is 0 Å². The fourth-order valence-corrected chi connectivity index (χ4v) is 2.32. The van der Waals surface area contributed by atoms with E-state index in [0.29, 0.717) is 23.3 Å². The van der Waals surface area contributed by atoms with Crippen LogP contribution in [0.1, 0.15) is 47.5 Å². The monoisotopic (exact) mass is 213 g/mol. The first kappa shape index (κ1) is 12.5. The number of hydrogen-bond donors (Lipinski definition) is 2. The highest BCUT2D eigenvalue weighted by atomic mass is 16.4. The van der Waals surface area contributed by atoms with E-state index >= 15 is 0 Å². The minimum atomic E-state index is -0.710. The first-order chi connectivity index (χ1) is 6.69. The lowest BCUT2D eigenvalue weighted by molar-refractivity contribution is -0.137. The van der Waals surface area contributed by atoms with Crippen LogP contribution < -0.4 is 5.32 Å². The number of hydrogen-bond acceptors (Lipinski definition) is 2. The Bertz CT molecular complexity index is 244. The molecular weight excluding hydrogens is 190 g/mol. The molecule has 1 unspecified atom stereocenters. The second kappa shape index (κ2) is 3.78. The summed E-state index contributed by atoms with van der Waals surface area (Å²) in [6.45, 7) is 11.1. The largest absolute Gasteiger partial charge is 0.481 e. The molecule has 88 valence electrons. The number of carbonyl (C=O) groups is 1. The van der Waals surface area contributed by atoms with Gasteiger partial charge in [0.05, 0.1) is 0 Å². The van der Waals surface area contributed by atoms with Crippen LogP contribution in [0.4, 0.5) is 0 Å². The SMILES string of the molecule is CC(CCC(=O)O)NC1C(C)(C)C1(C)C. The Labute approximate surface area is 92.3 Å². The summed E-state index contributed by atoms with van der Waals surface area (Å²) in [5, 5.41) is 12.1. The summed E-state index contributed by atoms with van der Waals surface area (Å²) >= 11 is 0. The molecule has 15 heavy (non-hydrogen) atoms. The number of aliphatic carboxylic acids is 1. The van der Waals surface area contributed by atoms with E-state index in [1.54, 1.807) is 0 Å². The van der Waals surface area contributed by atoms with Crippen molar-refractivity contribution in [3.8, 4) is 0 Å². The molecule has 3 heteroatoms. The maximum absolute atomic E-state index is 10.4. The summed E-state index contributed by atoms with van der Waals surface area (Å²) in [7, 11) is 0. The molecule has 0 amide bonds. The van der Waals surface area contributed by atoms with Crippen molar-refractivity contribution in [2.24, 2.45) is 10.8 Å². The van der Waals surface area contributed by atoms with Gasteiger partial charge in [0.15, 0.2) is 0 Å². The minimum Gasteiger partial charge on any atom is -0.481 e. The first-order valence-corrected chi connectivity index (χ1v) is 5.67. The Balaban J connectivity index is 2.35. The van der Waals surface area contributed by atoms with Crippen LogP contribution in [0.3, 0.4) is 0 Å². The van der Waals surface area contributed by atoms with Crippen molar-refractivity contribution >= 4 is 5.97 Å². The van der Waals surface area contributed by atoms with Crippen LogP contribution in [-0.4, -0.2) is 23.2 Å². The summed E-state index contributed by atoms with van der Waals surface area (Å²) in [4.78, 5) is 10.4. The van der Waals surface area contributed by atoms with Gasteiger partial charge in [-0.1, -0.05) is 27.7 Å². The smallest absolute Gasteiger partial charge is 0.303 e. The highest BCUT2D eigenvalue weighted by Crippen LogP contribution is 2.62. The van der Waals surface area contributed by atoms with Crippen molar-refractivity contribution in [3.05, 3.63) is 0 Å². The van der Waals surface area contributed by atoms with Crippen LogP contribution in [0.2, 0.25) is 0 Å². The van der Waals surface area contributed by atoms with Crippen molar-refractivity contribution in [1.82, 2.24) is 5.32 Å². The van der Waals surface area contributed by atoms with Crippen molar-refractivity contribution in [2.45, 2.75) is 59.5 Å². The van der Waals surface area contributed by atoms with Gasteiger partial charge in [-0.05, 0) is 24.2 Å². The van der Waals surface area contributed by atoms with Crippen molar-refractivity contribution in [2.75, 3.05) is 0 Å². The fraction of sp³-hybridized carbons (Fsp3) is 0.917. The molecule has 1 atom stereocenters. The van der Waals surface area contributed by atoms with Gasteiger partial charge in [-0.3, -0.25) is 4.79 Å². The molecule has 1 saturated carbocycles. The Hall–Kier alpha value is -0.570. The van der Waals surface area contributed by atoms with Gasteiger partial charge in [0, 0.05) is 18.5 Å². The Morgan fingerprint density at radius 1 is 1.33 bits per heavy atom. The average Bonchev–Trinajstić information content (AvgIpc) is 2.44. The summed E-state index contributed by atoms with van der Waals surface area (Å²) in [5.74, 6) is -0.710. The summed E-state index contributed by atoms with van der Waals surface area (Å²) in [6.07, 6.45) is 0.958. The van der Waals surface area contributed by atoms with Crippen LogP contribution >= 0.6 is 0 Å². The van der Waals surface area contributed by atoms with E-state index in [1.807, 2.05) is 0 Å². The molecule has 3 nitrogen and oxygen atoms in total. The Morgan fingerprint density at radius 3 is 2.13 bits per heavy atom. The zero-order chi connectivity index (χ0) is 11.9. The second-order valence-electron chi connectivity index (χ2n) is 5.88. The third-order valence-electron chi connectivity index (χ3n) is 4.26. The number of rotatable bonds is 5. The van der Waals surface area contributed by atoms with E-state index in [1.165, 1.54) is 0 Å². The molecular formula is C12H23NO2. The van der Waals surface area contributed by atoms with Gasteiger partial charge in [-0.15, -0.1) is 0 Å². The summed E-state index contributed by atoms with van der Waals surface area (Å²) in [6, 6.07) is 0.793. The van der Waals surface area contributed by atoms with Crippen molar-refractivity contribution in [1.29, 1.82) is 0 Å². The second-order valence-corrected chi connectivity index (χ2v) is 5.88. The van der Waals surface area contributed by atoms with E-state index in [-0.39, 0.29) is 12.5 Å². The van der Waals surface area contributed by atoms with Gasteiger partial charge in [0.25, 0.3) is 0 Å². The molecule has 0 aliphatic heterocycles. The molecule has 0 bridgehead atoms. The molecule has 0 radical (unpaired) electrons. The number of carboxylic acid groups (broad SMARTS) is 1. The van der Waals surface area contributed by atoms with Gasteiger partial charge in [-0.25, -0.2) is 0 Å². The maximum atomic E-state index is 10.4. The van der Waals surface area contributed by atoms with Crippen LogP contribution in [0.15, 0.2) is 0 Å². The topological polar surface area (TPSA) is 49.3 Å². The zero-order valence-corrected chi connectivity index (χ0v) is 10.4. The highest BCUT2D eigenvalue weighted by molar-refractivity contribution is 5.66. The lowest BCUT2D eigenvalue weighted by Gasteiger charge is -2.14. The van der Waals surface area contributed by atoms with Crippen LogP contribution in [0.25, 0.3) is 0 Å². The summed E-state index contributed by atoms with van der Waals surface area (Å²) < 4.78 is 0. The fourth-order valence-electron chi connectivity index (χ4n) is 2.32. The van der Waals surface area contributed by atoms with Gasteiger partial charge in [0.1, 0.15) is 0 Å². The van der Waals surface area contributed by atoms with E-state index in [0.717, 1.165) is 0 Å². The lowest BCUT2D eigenvalue weighted by Crippen LogP contribution is -2.32. The van der Waals surface area contributed by atoms with E-state index < -0.39 is 5.97 Å². The molecule has 0 saturated heterocycles. The maximum Gasteiger partial charge on any atom is 0.303 e. The Kier molecular flexibility index (Phi) is 3.15. The quantitative estimate of drug-likeness (QED) is 0.736. The van der Waals surface area contributed by atoms with Crippen LogP contribution in [-0.2, 0) is 4.79 Å². The third-order valence-corrected chi connectivity index (χ3v) is 4.26. The van der Waals surface area contributed by atoms with Crippen molar-refractivity contribution in [3.63, 3.8) is 0 Å². The Morgan fingerprint density at radius 2 is 1.80 bits per heavy atom. The first-order valence-electron chi connectivity index (χ1n) is 5.67. The molecule has 0 aromatic heterocycles.